The fourth-order valence-corrected chi connectivity index (χ4v) is 3.98. The van der Waals surface area contributed by atoms with Gasteiger partial charge in [-0.25, -0.2) is 13.4 Å². The van der Waals surface area contributed by atoms with Crippen molar-refractivity contribution in [3.63, 3.8) is 0 Å². The van der Waals surface area contributed by atoms with Gasteiger partial charge in [0.15, 0.2) is 9.84 Å². The number of hydrogen-bond donors (Lipinski definition) is 1. The molecule has 0 aliphatic carbocycles. The SMILES string of the molecule is CS(=O)(=O)c1ccc(Cl)c(NC(=O)c2cccnc2Sc2ccccc2)c1. The van der Waals surface area contributed by atoms with Gasteiger partial charge in [-0.15, -0.1) is 0 Å². The Bertz CT molecular complexity index is 1090. The van der Waals surface area contributed by atoms with E-state index >= 15 is 0 Å². The number of nitrogens with one attached hydrogen (secondary N) is 1. The standard InChI is InChI=1S/C19H15ClN2O3S2/c1-27(24,25)14-9-10-16(20)17(12-14)22-18(23)15-8-5-11-21-19(15)26-13-6-3-2-4-7-13/h2-12H,1H3,(H,22,23). The molecule has 0 spiro atoms. The maximum absolute atomic E-state index is 12.8. The number of carbonyl (C=O) groups is 1. The molecule has 0 fully saturated rings. The highest BCUT2D eigenvalue weighted by Gasteiger charge is 2.16. The third-order valence-corrected chi connectivity index (χ3v) is 6.05. The number of sulfone groups is 1. The Morgan fingerprint density at radius 1 is 1.07 bits per heavy atom. The molecule has 0 atom stereocenters. The lowest BCUT2D eigenvalue weighted by Crippen LogP contribution is -2.14. The summed E-state index contributed by atoms with van der Waals surface area (Å²) in [6.45, 7) is 0. The Hall–Kier alpha value is -2.35. The minimum absolute atomic E-state index is 0.0762. The van der Waals surface area contributed by atoms with Crippen molar-refractivity contribution in [1.82, 2.24) is 4.98 Å². The van der Waals surface area contributed by atoms with E-state index in [1.165, 1.54) is 30.0 Å². The second kappa shape index (κ2) is 8.12. The third kappa shape index (κ3) is 4.88. The van der Waals surface area contributed by atoms with Crippen LogP contribution in [0.4, 0.5) is 5.69 Å². The predicted octanol–water partition coefficient (Wildman–Crippen LogP) is 4.54. The van der Waals surface area contributed by atoms with Crippen molar-refractivity contribution in [1.29, 1.82) is 0 Å². The quantitative estimate of drug-likeness (QED) is 0.658. The first-order chi connectivity index (χ1) is 12.8. The second-order valence-corrected chi connectivity index (χ2v) is 9.12. The monoisotopic (exact) mass is 418 g/mol. The summed E-state index contributed by atoms with van der Waals surface area (Å²) in [5.41, 5.74) is 0.594. The number of anilines is 1. The number of amides is 1. The second-order valence-electron chi connectivity index (χ2n) is 5.64. The summed E-state index contributed by atoms with van der Waals surface area (Å²) >= 11 is 7.48. The average Bonchev–Trinajstić information content (AvgIpc) is 2.64. The number of rotatable bonds is 5. The third-order valence-electron chi connectivity index (χ3n) is 3.59. The van der Waals surface area contributed by atoms with E-state index in [9.17, 15) is 13.2 Å². The summed E-state index contributed by atoms with van der Waals surface area (Å²) in [5, 5.41) is 3.46. The lowest BCUT2D eigenvalue weighted by atomic mass is 10.2. The zero-order valence-electron chi connectivity index (χ0n) is 14.2. The molecular weight excluding hydrogens is 404 g/mol. The van der Waals surface area contributed by atoms with E-state index in [2.05, 4.69) is 10.3 Å². The Morgan fingerprint density at radius 2 is 1.81 bits per heavy atom. The summed E-state index contributed by atoms with van der Waals surface area (Å²) in [6, 6.07) is 17.1. The average molecular weight is 419 g/mol. The largest absolute Gasteiger partial charge is 0.321 e. The van der Waals surface area contributed by atoms with Crippen LogP contribution in [0.2, 0.25) is 5.02 Å². The van der Waals surface area contributed by atoms with Crippen molar-refractivity contribution in [3.05, 3.63) is 77.4 Å². The van der Waals surface area contributed by atoms with Gasteiger partial charge in [0.05, 0.1) is 21.2 Å². The Balaban J connectivity index is 1.90. The van der Waals surface area contributed by atoms with Crippen molar-refractivity contribution in [2.24, 2.45) is 0 Å². The Morgan fingerprint density at radius 3 is 2.52 bits per heavy atom. The fraction of sp³-hybridized carbons (Fsp3) is 0.0526. The number of carbonyl (C=O) groups excluding carboxylic acids is 1. The highest BCUT2D eigenvalue weighted by molar-refractivity contribution is 7.99. The van der Waals surface area contributed by atoms with Crippen molar-refractivity contribution in [2.75, 3.05) is 11.6 Å². The molecule has 0 saturated carbocycles. The normalized spacial score (nSPS) is 11.2. The number of benzene rings is 2. The summed E-state index contributed by atoms with van der Waals surface area (Å²) < 4.78 is 23.5. The van der Waals surface area contributed by atoms with Gasteiger partial charge >= 0.3 is 0 Å². The van der Waals surface area contributed by atoms with Gasteiger partial charge in [-0.2, -0.15) is 0 Å². The van der Waals surface area contributed by atoms with Gasteiger partial charge in [0.2, 0.25) is 0 Å². The van der Waals surface area contributed by atoms with Crippen molar-refractivity contribution < 1.29 is 13.2 Å². The maximum atomic E-state index is 12.8. The van der Waals surface area contributed by atoms with Crippen LogP contribution in [-0.2, 0) is 9.84 Å². The molecule has 0 unspecified atom stereocenters. The minimum atomic E-state index is -3.42. The first kappa shape index (κ1) is 19.4. The lowest BCUT2D eigenvalue weighted by molar-refractivity contribution is 0.102. The van der Waals surface area contributed by atoms with Gasteiger partial charge in [-0.1, -0.05) is 41.6 Å². The van der Waals surface area contributed by atoms with Gasteiger partial charge in [0.25, 0.3) is 5.91 Å². The topological polar surface area (TPSA) is 76.1 Å². The molecule has 2 aromatic carbocycles. The predicted molar refractivity (Wildman–Crippen MR) is 107 cm³/mol. The van der Waals surface area contributed by atoms with Crippen molar-refractivity contribution >= 4 is 44.8 Å². The van der Waals surface area contributed by atoms with Gasteiger partial charge in [-0.05, 0) is 42.5 Å². The molecule has 0 saturated heterocycles. The van der Waals surface area contributed by atoms with E-state index in [4.69, 9.17) is 11.6 Å². The van der Waals surface area contributed by atoms with Crippen molar-refractivity contribution in [3.8, 4) is 0 Å². The van der Waals surface area contributed by atoms with Crippen LogP contribution in [-0.4, -0.2) is 25.6 Å². The molecule has 3 aromatic rings. The van der Waals surface area contributed by atoms with Crippen LogP contribution in [0, 0.1) is 0 Å². The van der Waals surface area contributed by atoms with Gasteiger partial charge in [-0.3, -0.25) is 4.79 Å². The molecule has 0 bridgehead atoms. The van der Waals surface area contributed by atoms with E-state index < -0.39 is 15.7 Å². The molecule has 138 valence electrons. The zero-order valence-corrected chi connectivity index (χ0v) is 16.6. The van der Waals surface area contributed by atoms with Crippen LogP contribution in [0.1, 0.15) is 10.4 Å². The van der Waals surface area contributed by atoms with Gasteiger partial charge in [0.1, 0.15) is 5.03 Å². The Kier molecular flexibility index (Phi) is 5.84. The van der Waals surface area contributed by atoms with Crippen LogP contribution < -0.4 is 5.32 Å². The summed E-state index contributed by atoms with van der Waals surface area (Å²) in [5.74, 6) is -0.422. The molecule has 0 aliphatic rings. The highest BCUT2D eigenvalue weighted by atomic mass is 35.5. The number of nitrogens with zero attached hydrogens (tertiary/aromatic N) is 1. The molecule has 27 heavy (non-hydrogen) atoms. The summed E-state index contributed by atoms with van der Waals surface area (Å²) in [4.78, 5) is 18.1. The van der Waals surface area contributed by atoms with Crippen LogP contribution in [0.25, 0.3) is 0 Å². The number of aromatic nitrogens is 1. The molecule has 1 amide bonds. The molecule has 1 heterocycles. The molecule has 0 aliphatic heterocycles. The Labute approximate surface area is 166 Å². The zero-order chi connectivity index (χ0) is 19.4. The van der Waals surface area contributed by atoms with Crippen LogP contribution in [0.15, 0.2) is 81.7 Å². The summed E-state index contributed by atoms with van der Waals surface area (Å²) in [6.07, 6.45) is 2.71. The van der Waals surface area contributed by atoms with Crippen molar-refractivity contribution in [2.45, 2.75) is 14.8 Å². The van der Waals surface area contributed by atoms with Gasteiger partial charge < -0.3 is 5.32 Å². The number of halogens is 1. The molecule has 3 rings (SSSR count). The highest BCUT2D eigenvalue weighted by Crippen LogP contribution is 2.30. The molecular formula is C19H15ClN2O3S2. The smallest absolute Gasteiger partial charge is 0.258 e. The number of hydrogen-bond acceptors (Lipinski definition) is 5. The first-order valence-electron chi connectivity index (χ1n) is 7.83. The fourth-order valence-electron chi connectivity index (χ4n) is 2.27. The molecule has 8 heteroatoms. The molecule has 1 aromatic heterocycles. The summed E-state index contributed by atoms with van der Waals surface area (Å²) in [7, 11) is -3.42. The van der Waals surface area contributed by atoms with E-state index in [-0.39, 0.29) is 15.6 Å². The first-order valence-corrected chi connectivity index (χ1v) is 10.9. The van der Waals surface area contributed by atoms with Crippen LogP contribution >= 0.6 is 23.4 Å². The maximum Gasteiger partial charge on any atom is 0.258 e. The van der Waals surface area contributed by atoms with Crippen LogP contribution in [0.5, 0.6) is 0 Å². The van der Waals surface area contributed by atoms with Crippen LogP contribution in [0.3, 0.4) is 0 Å². The number of pyridine rings is 1. The van der Waals surface area contributed by atoms with E-state index in [1.807, 2.05) is 30.3 Å². The van der Waals surface area contributed by atoms with Gasteiger partial charge in [0, 0.05) is 17.3 Å². The van der Waals surface area contributed by atoms with E-state index in [0.29, 0.717) is 10.6 Å². The molecule has 1 N–H and O–H groups in total. The van der Waals surface area contributed by atoms with E-state index in [1.54, 1.807) is 18.3 Å². The minimum Gasteiger partial charge on any atom is -0.321 e. The lowest BCUT2D eigenvalue weighted by Gasteiger charge is -2.11. The molecule has 0 radical (unpaired) electrons. The van der Waals surface area contributed by atoms with E-state index in [0.717, 1.165) is 11.2 Å². The molecule has 5 nitrogen and oxygen atoms in total.